The number of nitrogen functional groups attached to an aromatic ring is 2. The van der Waals surface area contributed by atoms with Crippen LogP contribution in [0.15, 0.2) is 54.7 Å². The molecular weight excluding hydrogens is 898 g/mol. The van der Waals surface area contributed by atoms with Crippen molar-refractivity contribution in [2.45, 2.75) is 61.6 Å². The van der Waals surface area contributed by atoms with Crippen molar-refractivity contribution < 1.29 is 59.7 Å². The molecule has 3 aliphatic heterocycles. The van der Waals surface area contributed by atoms with Gasteiger partial charge in [-0.15, -0.1) is 0 Å². The average Bonchev–Trinajstić information content (AvgIpc) is 4.05. The first-order chi connectivity index (χ1) is 30.6. The first-order valence-corrected chi connectivity index (χ1v) is 23.7. The van der Waals surface area contributed by atoms with Crippen molar-refractivity contribution in [1.82, 2.24) is 39.0 Å². The number of nitrogens with two attached hydrogens (primary N) is 2. The molecule has 5 aromatic rings. The zero-order valence-electron chi connectivity index (χ0n) is 33.0. The number of hydrogen-bond acceptors (Lipinski definition) is 21. The molecule has 10 atom stereocenters. The monoisotopic (exact) mass is 939 g/mol. The normalized spacial score (nSPS) is 28.9. The summed E-state index contributed by atoms with van der Waals surface area (Å²) in [5.74, 6) is 0.161. The Bertz CT molecular complexity index is 2470. The third-order valence-corrected chi connectivity index (χ3v) is 14.4. The number of alkyl halides is 2. The molecule has 0 spiro atoms. The van der Waals surface area contributed by atoms with Crippen LogP contribution in [0, 0.1) is 0 Å². The molecule has 4 aromatic heterocycles. The lowest BCUT2D eigenvalue weighted by Crippen LogP contribution is -2.36. The molecule has 1 aromatic carbocycles. The molecule has 0 radical (unpaired) electrons. The maximum Gasteiger partial charge on any atom is 0.389 e. The van der Waals surface area contributed by atoms with Gasteiger partial charge in [-0.05, 0) is 28.0 Å². The average molecular weight is 940 g/mol. The van der Waals surface area contributed by atoms with Crippen molar-refractivity contribution in [3.05, 3.63) is 71.1 Å². The molecule has 8 rings (SSSR count). The Morgan fingerprint density at radius 2 is 1.40 bits per heavy atom. The van der Waals surface area contributed by atoms with Crippen LogP contribution in [-0.4, -0.2) is 129 Å². The minimum Gasteiger partial charge on any atom is -0.382 e. The van der Waals surface area contributed by atoms with E-state index in [1.54, 1.807) is 12.1 Å². The standard InChI is InChI=1S/C34H41F2N13O11P2S/c35-23-27-22(58-33(23)48-17-44-25-29(37)40-15-42-31(25)48)13-56-62(51,63-14-20-3-1-19(2-4-20)11-54-10-9-53-8-7-52-6-5-46-47-39)60-28-21(12-55-61(50)59-27)57-34(24(28)36)49-18-45-26-30(38)41-16-43-32(26)49/h1-4,15-18,21-24,27-28,33-34,61H,5-14H2,(H2,37,40,42)(H2,38,41,43)/t21-,22-,23-,24-,27-,28-,33-,34-,62-/m1/s1. The van der Waals surface area contributed by atoms with Crippen molar-refractivity contribution in [3.63, 3.8) is 0 Å². The summed E-state index contributed by atoms with van der Waals surface area (Å²) in [5, 5.41) is 3.39. The summed E-state index contributed by atoms with van der Waals surface area (Å²) in [5.41, 5.74) is 22.4. The van der Waals surface area contributed by atoms with Crippen molar-refractivity contribution in [3.8, 4) is 0 Å². The van der Waals surface area contributed by atoms with Gasteiger partial charge in [-0.3, -0.25) is 22.7 Å². The molecular formula is C34H41F2N13O11P2S. The summed E-state index contributed by atoms with van der Waals surface area (Å²) < 4.78 is 116. The number of aromatic nitrogens is 8. The number of fused-ring (bicyclic) bond motifs is 4. The highest BCUT2D eigenvalue weighted by Gasteiger charge is 2.54. The third-order valence-electron chi connectivity index (χ3n) is 9.93. The predicted octanol–water partition coefficient (Wildman–Crippen LogP) is 4.41. The largest absolute Gasteiger partial charge is 0.389 e. The Balaban J connectivity index is 0.969. The number of ether oxygens (including phenoxy) is 5. The van der Waals surface area contributed by atoms with Gasteiger partial charge in [0.15, 0.2) is 47.7 Å². The Labute approximate surface area is 360 Å². The van der Waals surface area contributed by atoms with Crippen LogP contribution in [0.25, 0.3) is 32.8 Å². The zero-order valence-corrected chi connectivity index (χ0v) is 35.7. The fraction of sp³-hybridized carbons (Fsp3) is 0.529. The van der Waals surface area contributed by atoms with Crippen LogP contribution in [0.5, 0.6) is 0 Å². The molecule has 4 N–H and O–H groups in total. The van der Waals surface area contributed by atoms with Crippen molar-refractivity contribution in [2.75, 3.05) is 64.3 Å². The number of benzene rings is 1. The number of rotatable bonds is 16. The van der Waals surface area contributed by atoms with E-state index in [4.69, 9.17) is 58.8 Å². The number of anilines is 2. The number of halogens is 2. The van der Waals surface area contributed by atoms with Crippen LogP contribution in [0.4, 0.5) is 20.4 Å². The van der Waals surface area contributed by atoms with Crippen molar-refractivity contribution in [1.29, 1.82) is 0 Å². The van der Waals surface area contributed by atoms with Gasteiger partial charge >= 0.3 is 15.1 Å². The van der Waals surface area contributed by atoms with Gasteiger partial charge in [-0.25, -0.2) is 43.2 Å². The van der Waals surface area contributed by atoms with Gasteiger partial charge in [0.1, 0.15) is 48.1 Å². The van der Waals surface area contributed by atoms with E-state index >= 15 is 8.78 Å². The second kappa shape index (κ2) is 20.6. The molecule has 1 unspecified atom stereocenters. The maximum absolute atomic E-state index is 16.7. The lowest BCUT2D eigenvalue weighted by atomic mass is 10.1. The molecule has 29 heteroatoms. The summed E-state index contributed by atoms with van der Waals surface area (Å²) in [4.78, 5) is 27.2. The van der Waals surface area contributed by atoms with E-state index in [0.717, 1.165) is 16.9 Å². The Morgan fingerprint density at radius 3 is 2.03 bits per heavy atom. The van der Waals surface area contributed by atoms with Crippen LogP contribution in [0.3, 0.4) is 0 Å². The molecule has 3 saturated heterocycles. The molecule has 3 aliphatic rings. The van der Waals surface area contributed by atoms with Crippen LogP contribution in [0.1, 0.15) is 23.6 Å². The summed E-state index contributed by atoms with van der Waals surface area (Å²) in [6.45, 7) is -3.38. The summed E-state index contributed by atoms with van der Waals surface area (Å²) >= 11 is 0.759. The van der Waals surface area contributed by atoms with Crippen LogP contribution in [-0.2, 0) is 63.3 Å². The smallest absolute Gasteiger partial charge is 0.382 e. The quantitative estimate of drug-likeness (QED) is 0.0455. The SMILES string of the molecule is [N-]=[N+]=NCCOCCOCCOCc1ccc(CS[P@]2(=O)OC[C@H]3O[C@@H](n4cnc5c(N)ncnc54)[C@H](F)[C@@H]3O[PH](=O)OC[C@H]3O[C@@H](n4cnc5c(N)ncnc54)[C@H](F)[C@@H]3O2)cc1. The van der Waals surface area contributed by atoms with E-state index < -0.39 is 77.5 Å². The molecule has 0 saturated carbocycles. The maximum atomic E-state index is 16.7. The minimum absolute atomic E-state index is 0.0492. The van der Waals surface area contributed by atoms with Crippen LogP contribution in [0.2, 0.25) is 0 Å². The van der Waals surface area contributed by atoms with Crippen LogP contribution >= 0.6 is 26.4 Å². The molecule has 63 heavy (non-hydrogen) atoms. The number of imidazole rings is 2. The lowest BCUT2D eigenvalue weighted by Gasteiger charge is -2.28. The van der Waals surface area contributed by atoms with E-state index in [0.29, 0.717) is 45.2 Å². The van der Waals surface area contributed by atoms with Gasteiger partial charge < -0.3 is 44.2 Å². The zero-order chi connectivity index (χ0) is 43.9. The second-order valence-corrected chi connectivity index (χ2v) is 19.0. The number of nitrogens with zero attached hydrogens (tertiary/aromatic N) is 11. The molecule has 0 aliphatic carbocycles. The molecule has 24 nitrogen and oxygen atoms in total. The number of hydrogen-bond donors (Lipinski definition) is 2. The minimum atomic E-state index is -4.44. The topological polar surface area (TPSA) is 305 Å². The van der Waals surface area contributed by atoms with Gasteiger partial charge in [-0.2, -0.15) is 0 Å². The second-order valence-electron chi connectivity index (χ2n) is 14.0. The number of azide groups is 1. The Kier molecular flexibility index (Phi) is 14.7. The lowest BCUT2D eigenvalue weighted by molar-refractivity contribution is -0.0539. The Morgan fingerprint density at radius 1 is 0.825 bits per heavy atom. The summed E-state index contributed by atoms with van der Waals surface area (Å²) in [7, 11) is -3.52. The predicted molar refractivity (Wildman–Crippen MR) is 218 cm³/mol. The Hall–Kier alpha value is -4.46. The van der Waals surface area contributed by atoms with Crippen LogP contribution < -0.4 is 11.5 Å². The van der Waals surface area contributed by atoms with Gasteiger partial charge in [0.25, 0.3) is 0 Å². The van der Waals surface area contributed by atoms with E-state index in [1.165, 1.54) is 34.4 Å². The van der Waals surface area contributed by atoms with E-state index in [1.807, 2.05) is 12.1 Å². The molecule has 0 bridgehead atoms. The summed E-state index contributed by atoms with van der Waals surface area (Å²) in [6.07, 6.45) is -7.92. The van der Waals surface area contributed by atoms with E-state index in [-0.39, 0.29) is 46.3 Å². The van der Waals surface area contributed by atoms with Crippen molar-refractivity contribution in [2.24, 2.45) is 5.11 Å². The highest BCUT2D eigenvalue weighted by atomic mass is 32.7. The van der Waals surface area contributed by atoms with Gasteiger partial charge in [0.05, 0.1) is 65.5 Å². The molecule has 7 heterocycles. The van der Waals surface area contributed by atoms with E-state index in [9.17, 15) is 9.13 Å². The van der Waals surface area contributed by atoms with Crippen molar-refractivity contribution >= 4 is 60.4 Å². The first-order valence-electron chi connectivity index (χ1n) is 19.3. The summed E-state index contributed by atoms with van der Waals surface area (Å²) in [6, 6.07) is 7.25. The third kappa shape index (κ3) is 10.4. The fourth-order valence-corrected chi connectivity index (χ4v) is 11.1. The first kappa shape index (κ1) is 45.1. The highest BCUT2D eigenvalue weighted by Crippen LogP contribution is 2.64. The molecule has 0 amide bonds. The van der Waals surface area contributed by atoms with Gasteiger partial charge in [0.2, 0.25) is 0 Å². The molecule has 338 valence electrons. The fourth-order valence-electron chi connectivity index (χ4n) is 6.86. The van der Waals surface area contributed by atoms with E-state index in [2.05, 4.69) is 39.9 Å². The van der Waals surface area contributed by atoms with Gasteiger partial charge in [-0.1, -0.05) is 29.4 Å². The van der Waals surface area contributed by atoms with Gasteiger partial charge in [0, 0.05) is 17.2 Å². The molecule has 3 fully saturated rings. The highest BCUT2D eigenvalue weighted by molar-refractivity contribution is 8.54.